The van der Waals surface area contributed by atoms with Crippen LogP contribution in [0.3, 0.4) is 0 Å². The molecule has 1 N–H and O–H groups in total. The summed E-state index contributed by atoms with van der Waals surface area (Å²) in [6.07, 6.45) is 0. The number of benzene rings is 3. The number of rotatable bonds is 5. The third-order valence-electron chi connectivity index (χ3n) is 4.16. The predicted molar refractivity (Wildman–Crippen MR) is 116 cm³/mol. The topological polar surface area (TPSA) is 51.2 Å². The minimum atomic E-state index is -0.245. The van der Waals surface area contributed by atoms with Gasteiger partial charge in [0.1, 0.15) is 10.8 Å². The Kier molecular flexibility index (Phi) is 5.28. The number of halogens is 1. The normalized spacial score (nSPS) is 10.8. The van der Waals surface area contributed by atoms with Crippen molar-refractivity contribution in [2.45, 2.75) is 6.92 Å². The maximum absolute atomic E-state index is 12.7. The molecule has 1 amide bonds. The van der Waals surface area contributed by atoms with Crippen LogP contribution in [-0.4, -0.2) is 17.5 Å². The highest BCUT2D eigenvalue weighted by molar-refractivity contribution is 7.21. The second kappa shape index (κ2) is 8.00. The van der Waals surface area contributed by atoms with Crippen molar-refractivity contribution in [2.75, 3.05) is 11.9 Å². The van der Waals surface area contributed by atoms with E-state index in [1.165, 1.54) is 0 Å². The van der Waals surface area contributed by atoms with Crippen molar-refractivity contribution < 1.29 is 9.53 Å². The van der Waals surface area contributed by atoms with E-state index in [1.807, 2.05) is 49.4 Å². The second-order valence-corrected chi connectivity index (χ2v) is 7.53. The molecule has 4 rings (SSSR count). The van der Waals surface area contributed by atoms with Crippen molar-refractivity contribution in [2.24, 2.45) is 0 Å². The first-order valence-electron chi connectivity index (χ1n) is 8.84. The molecule has 4 aromatic rings. The molecule has 0 aliphatic rings. The molecule has 0 spiro atoms. The number of nitrogens with zero attached hydrogens (tertiary/aromatic N) is 1. The zero-order valence-corrected chi connectivity index (χ0v) is 16.7. The van der Waals surface area contributed by atoms with Crippen LogP contribution in [-0.2, 0) is 0 Å². The number of aromatic nitrogens is 1. The number of fused-ring (bicyclic) bond motifs is 1. The van der Waals surface area contributed by atoms with Gasteiger partial charge in [0.05, 0.1) is 27.5 Å². The monoisotopic (exact) mass is 408 g/mol. The SMILES string of the molecule is CCOc1cccc(C(=O)Nc2cc(-c3nc4ccccc4s3)ccc2Cl)c1. The molecule has 0 bridgehead atoms. The molecule has 0 unspecified atom stereocenters. The number of thiazole rings is 1. The molecule has 0 aliphatic carbocycles. The van der Waals surface area contributed by atoms with Gasteiger partial charge in [0.25, 0.3) is 5.91 Å². The third-order valence-corrected chi connectivity index (χ3v) is 5.58. The summed E-state index contributed by atoms with van der Waals surface area (Å²) in [5, 5.41) is 4.24. The summed E-state index contributed by atoms with van der Waals surface area (Å²) in [6.45, 7) is 2.45. The number of carbonyl (C=O) groups is 1. The van der Waals surface area contributed by atoms with Gasteiger partial charge in [0.2, 0.25) is 0 Å². The van der Waals surface area contributed by atoms with Crippen LogP contribution in [0.15, 0.2) is 66.7 Å². The maximum Gasteiger partial charge on any atom is 0.255 e. The fourth-order valence-corrected chi connectivity index (χ4v) is 3.96. The van der Waals surface area contributed by atoms with Gasteiger partial charge < -0.3 is 10.1 Å². The van der Waals surface area contributed by atoms with Crippen molar-refractivity contribution in [3.8, 4) is 16.3 Å². The Bertz CT molecular complexity index is 1120. The summed E-state index contributed by atoms with van der Waals surface area (Å²) in [6, 6.07) is 20.6. The fourth-order valence-electron chi connectivity index (χ4n) is 2.84. The second-order valence-electron chi connectivity index (χ2n) is 6.10. The van der Waals surface area contributed by atoms with Gasteiger partial charge in [-0.3, -0.25) is 4.79 Å². The summed E-state index contributed by atoms with van der Waals surface area (Å²) in [5.74, 6) is 0.411. The first-order valence-corrected chi connectivity index (χ1v) is 10.0. The molecule has 4 nitrogen and oxygen atoms in total. The van der Waals surface area contributed by atoms with Crippen LogP contribution in [0.1, 0.15) is 17.3 Å². The average Bonchev–Trinajstić information content (AvgIpc) is 3.14. The lowest BCUT2D eigenvalue weighted by molar-refractivity contribution is 0.102. The Morgan fingerprint density at radius 3 is 2.79 bits per heavy atom. The quantitative estimate of drug-likeness (QED) is 0.423. The minimum absolute atomic E-state index is 0.245. The number of ether oxygens (including phenoxy) is 1. The van der Waals surface area contributed by atoms with E-state index >= 15 is 0 Å². The third kappa shape index (κ3) is 3.86. The molecule has 0 fully saturated rings. The Labute approximate surface area is 171 Å². The van der Waals surface area contributed by atoms with E-state index in [-0.39, 0.29) is 5.91 Å². The molecule has 3 aromatic carbocycles. The maximum atomic E-state index is 12.7. The molecule has 28 heavy (non-hydrogen) atoms. The van der Waals surface area contributed by atoms with Gasteiger partial charge in [-0.05, 0) is 49.4 Å². The molecule has 6 heteroatoms. The van der Waals surface area contributed by atoms with Gasteiger partial charge in [0, 0.05) is 11.1 Å². The van der Waals surface area contributed by atoms with Gasteiger partial charge in [0.15, 0.2) is 0 Å². The average molecular weight is 409 g/mol. The molecule has 0 saturated carbocycles. The first kappa shape index (κ1) is 18.5. The lowest BCUT2D eigenvalue weighted by atomic mass is 10.1. The highest BCUT2D eigenvalue weighted by Gasteiger charge is 2.12. The Morgan fingerprint density at radius 1 is 1.11 bits per heavy atom. The molecule has 1 aromatic heterocycles. The van der Waals surface area contributed by atoms with E-state index in [1.54, 1.807) is 35.6 Å². The standard InChI is InChI=1S/C22H17ClN2O2S/c1-2-27-16-7-5-6-14(12-16)21(26)24-19-13-15(10-11-17(19)23)22-25-18-8-3-4-9-20(18)28-22/h3-13H,2H2,1H3,(H,24,26). The van der Waals surface area contributed by atoms with E-state index in [4.69, 9.17) is 16.3 Å². The number of hydrogen-bond donors (Lipinski definition) is 1. The summed E-state index contributed by atoms with van der Waals surface area (Å²) < 4.78 is 6.58. The van der Waals surface area contributed by atoms with Crippen LogP contribution in [0, 0.1) is 0 Å². The summed E-state index contributed by atoms with van der Waals surface area (Å²) in [7, 11) is 0. The number of nitrogens with one attached hydrogen (secondary N) is 1. The molecule has 0 saturated heterocycles. The van der Waals surface area contributed by atoms with Crippen molar-refractivity contribution in [1.82, 2.24) is 4.98 Å². The van der Waals surface area contributed by atoms with Gasteiger partial charge in [-0.1, -0.05) is 35.9 Å². The van der Waals surface area contributed by atoms with E-state index in [9.17, 15) is 4.79 Å². The Balaban J connectivity index is 1.62. The first-order chi connectivity index (χ1) is 13.6. The summed E-state index contributed by atoms with van der Waals surface area (Å²) in [4.78, 5) is 17.3. The number of para-hydroxylation sites is 1. The van der Waals surface area contributed by atoms with Crippen molar-refractivity contribution >= 4 is 44.7 Å². The number of hydrogen-bond acceptors (Lipinski definition) is 4. The zero-order chi connectivity index (χ0) is 19.5. The van der Waals surface area contributed by atoms with E-state index in [0.717, 1.165) is 20.8 Å². The van der Waals surface area contributed by atoms with Crippen molar-refractivity contribution in [1.29, 1.82) is 0 Å². The fraction of sp³-hybridized carbons (Fsp3) is 0.0909. The van der Waals surface area contributed by atoms with Gasteiger partial charge >= 0.3 is 0 Å². The van der Waals surface area contributed by atoms with Crippen LogP contribution in [0.5, 0.6) is 5.75 Å². The van der Waals surface area contributed by atoms with Crippen LogP contribution in [0.2, 0.25) is 5.02 Å². The van der Waals surface area contributed by atoms with E-state index in [2.05, 4.69) is 10.3 Å². The Hall–Kier alpha value is -2.89. The van der Waals surface area contributed by atoms with Crippen LogP contribution in [0.4, 0.5) is 5.69 Å². The molecule has 0 radical (unpaired) electrons. The predicted octanol–water partition coefficient (Wildman–Crippen LogP) is 6.27. The van der Waals surface area contributed by atoms with E-state index < -0.39 is 0 Å². The molecular formula is C22H17ClN2O2S. The van der Waals surface area contributed by atoms with Crippen molar-refractivity contribution in [3.05, 3.63) is 77.3 Å². The number of amides is 1. The van der Waals surface area contributed by atoms with Crippen LogP contribution in [0.25, 0.3) is 20.8 Å². The van der Waals surface area contributed by atoms with Crippen LogP contribution < -0.4 is 10.1 Å². The summed E-state index contributed by atoms with van der Waals surface area (Å²) >= 11 is 7.92. The highest BCUT2D eigenvalue weighted by Crippen LogP contribution is 2.34. The highest BCUT2D eigenvalue weighted by atomic mass is 35.5. The number of carbonyl (C=O) groups excluding carboxylic acids is 1. The lowest BCUT2D eigenvalue weighted by Crippen LogP contribution is -2.12. The molecule has 1 heterocycles. The molecule has 140 valence electrons. The largest absolute Gasteiger partial charge is 0.494 e. The lowest BCUT2D eigenvalue weighted by Gasteiger charge is -2.10. The number of anilines is 1. The summed E-state index contributed by atoms with van der Waals surface area (Å²) in [5.41, 5.74) is 2.91. The zero-order valence-electron chi connectivity index (χ0n) is 15.1. The minimum Gasteiger partial charge on any atom is -0.494 e. The van der Waals surface area contributed by atoms with Crippen molar-refractivity contribution in [3.63, 3.8) is 0 Å². The van der Waals surface area contributed by atoms with Gasteiger partial charge in [-0.25, -0.2) is 4.98 Å². The van der Waals surface area contributed by atoms with Gasteiger partial charge in [-0.15, -0.1) is 11.3 Å². The molecule has 0 aliphatic heterocycles. The van der Waals surface area contributed by atoms with Crippen LogP contribution >= 0.6 is 22.9 Å². The smallest absolute Gasteiger partial charge is 0.255 e. The van der Waals surface area contributed by atoms with Gasteiger partial charge in [-0.2, -0.15) is 0 Å². The van der Waals surface area contributed by atoms with E-state index in [0.29, 0.717) is 28.6 Å². The Morgan fingerprint density at radius 2 is 1.96 bits per heavy atom. The molecule has 0 atom stereocenters. The molecular weight excluding hydrogens is 392 g/mol.